The van der Waals surface area contributed by atoms with Crippen LogP contribution in [0.3, 0.4) is 0 Å². The fraction of sp³-hybridized carbons (Fsp3) is 0.438. The molecule has 0 amide bonds. The van der Waals surface area contributed by atoms with Crippen molar-refractivity contribution in [3.63, 3.8) is 0 Å². The third-order valence-electron chi connectivity index (χ3n) is 3.83. The second-order valence-electron chi connectivity index (χ2n) is 5.46. The number of aryl methyl sites for hydroxylation is 1. The van der Waals surface area contributed by atoms with Crippen molar-refractivity contribution >= 4 is 5.95 Å². The van der Waals surface area contributed by atoms with E-state index in [1.807, 2.05) is 31.6 Å². The molecule has 1 N–H and O–H groups in total. The molecule has 2 heterocycles. The van der Waals surface area contributed by atoms with Crippen LogP contribution in [0.2, 0.25) is 0 Å². The molecule has 4 heteroatoms. The lowest BCUT2D eigenvalue weighted by molar-refractivity contribution is 0.461. The van der Waals surface area contributed by atoms with Crippen LogP contribution >= 0.6 is 0 Å². The monoisotopic (exact) mass is 268 g/mol. The summed E-state index contributed by atoms with van der Waals surface area (Å²) in [6.07, 6.45) is 12.0. The molecular weight excluding hydrogens is 248 g/mol. The van der Waals surface area contributed by atoms with Crippen molar-refractivity contribution in [2.24, 2.45) is 0 Å². The fourth-order valence-electron chi connectivity index (χ4n) is 2.62. The molecule has 3 rings (SSSR count). The van der Waals surface area contributed by atoms with Gasteiger partial charge in [0.1, 0.15) is 0 Å². The molecule has 0 spiro atoms. The molecule has 2 aromatic heterocycles. The third kappa shape index (κ3) is 3.13. The Hall–Kier alpha value is -1.97. The average Bonchev–Trinajstić information content (AvgIpc) is 2.50. The van der Waals surface area contributed by atoms with Gasteiger partial charge in [-0.05, 0) is 25.8 Å². The van der Waals surface area contributed by atoms with Gasteiger partial charge in [0, 0.05) is 41.5 Å². The van der Waals surface area contributed by atoms with Crippen molar-refractivity contribution < 1.29 is 0 Å². The maximum Gasteiger partial charge on any atom is 0.222 e. The van der Waals surface area contributed by atoms with E-state index in [2.05, 4.69) is 26.3 Å². The van der Waals surface area contributed by atoms with E-state index in [1.165, 1.54) is 32.1 Å². The van der Waals surface area contributed by atoms with Gasteiger partial charge in [-0.3, -0.25) is 4.98 Å². The Bertz CT molecular complexity index is 542. The Kier molecular flexibility index (Phi) is 3.90. The normalized spacial score (nSPS) is 16.1. The van der Waals surface area contributed by atoms with Gasteiger partial charge in [-0.1, -0.05) is 25.3 Å². The Morgan fingerprint density at radius 1 is 0.900 bits per heavy atom. The Balaban J connectivity index is 1.69. The molecule has 0 aliphatic heterocycles. The Labute approximate surface area is 119 Å². The summed E-state index contributed by atoms with van der Waals surface area (Å²) in [6.45, 7) is 1.98. The summed E-state index contributed by atoms with van der Waals surface area (Å²) in [6, 6.07) is 4.59. The molecule has 0 radical (unpaired) electrons. The number of hydrogen-bond acceptors (Lipinski definition) is 4. The highest BCUT2D eigenvalue weighted by Gasteiger charge is 2.13. The van der Waals surface area contributed by atoms with Crippen LogP contribution in [0.4, 0.5) is 5.95 Å². The summed E-state index contributed by atoms with van der Waals surface area (Å²) in [4.78, 5) is 13.1. The predicted octanol–water partition coefficient (Wildman–Crippen LogP) is 3.59. The number of pyridine rings is 1. The van der Waals surface area contributed by atoms with Crippen molar-refractivity contribution in [3.8, 4) is 11.1 Å². The zero-order chi connectivity index (χ0) is 13.8. The van der Waals surface area contributed by atoms with Gasteiger partial charge in [-0.15, -0.1) is 0 Å². The highest BCUT2D eigenvalue weighted by atomic mass is 15.1. The summed E-state index contributed by atoms with van der Waals surface area (Å²) < 4.78 is 0. The fourth-order valence-corrected chi connectivity index (χ4v) is 2.62. The molecule has 0 saturated heterocycles. The second-order valence-corrected chi connectivity index (χ2v) is 5.46. The van der Waals surface area contributed by atoms with Crippen LogP contribution in [-0.4, -0.2) is 21.0 Å². The Morgan fingerprint density at radius 2 is 1.60 bits per heavy atom. The number of anilines is 1. The van der Waals surface area contributed by atoms with E-state index in [9.17, 15) is 0 Å². The quantitative estimate of drug-likeness (QED) is 0.924. The van der Waals surface area contributed by atoms with Gasteiger partial charge in [0.05, 0.1) is 0 Å². The predicted molar refractivity (Wildman–Crippen MR) is 80.5 cm³/mol. The molecule has 0 aromatic carbocycles. The van der Waals surface area contributed by atoms with Gasteiger partial charge in [0.25, 0.3) is 0 Å². The zero-order valence-electron chi connectivity index (χ0n) is 11.8. The second kappa shape index (κ2) is 5.99. The maximum atomic E-state index is 4.42. The minimum atomic E-state index is 0.538. The molecule has 4 nitrogen and oxygen atoms in total. The third-order valence-corrected chi connectivity index (χ3v) is 3.83. The first-order chi connectivity index (χ1) is 9.81. The Morgan fingerprint density at radius 3 is 2.25 bits per heavy atom. The van der Waals surface area contributed by atoms with Gasteiger partial charge in [-0.2, -0.15) is 0 Å². The molecule has 0 unspecified atom stereocenters. The van der Waals surface area contributed by atoms with E-state index < -0.39 is 0 Å². The molecule has 104 valence electrons. The minimum absolute atomic E-state index is 0.538. The summed E-state index contributed by atoms with van der Waals surface area (Å²) >= 11 is 0. The molecule has 20 heavy (non-hydrogen) atoms. The molecule has 1 aliphatic rings. The van der Waals surface area contributed by atoms with E-state index in [1.54, 1.807) is 0 Å². The average molecular weight is 268 g/mol. The minimum Gasteiger partial charge on any atom is -0.351 e. The van der Waals surface area contributed by atoms with Crippen LogP contribution in [0.15, 0.2) is 30.7 Å². The number of hydrogen-bond donors (Lipinski definition) is 1. The highest BCUT2D eigenvalue weighted by Crippen LogP contribution is 2.21. The lowest BCUT2D eigenvalue weighted by atomic mass is 9.96. The van der Waals surface area contributed by atoms with Gasteiger partial charge < -0.3 is 5.32 Å². The number of rotatable bonds is 3. The van der Waals surface area contributed by atoms with Crippen LogP contribution in [0.1, 0.15) is 37.8 Å². The number of aromatic nitrogens is 3. The molecule has 1 aliphatic carbocycles. The van der Waals surface area contributed by atoms with E-state index in [-0.39, 0.29) is 0 Å². The van der Waals surface area contributed by atoms with Crippen molar-refractivity contribution in [3.05, 3.63) is 36.4 Å². The van der Waals surface area contributed by atoms with E-state index >= 15 is 0 Å². The van der Waals surface area contributed by atoms with Gasteiger partial charge >= 0.3 is 0 Å². The lowest BCUT2D eigenvalue weighted by Gasteiger charge is -2.22. The molecule has 2 aromatic rings. The van der Waals surface area contributed by atoms with Crippen LogP contribution < -0.4 is 5.32 Å². The standard InChI is InChI=1S/C16H20N4/c1-12-7-8-13(9-17-12)14-10-18-16(19-11-14)20-15-5-3-2-4-6-15/h7-11,15H,2-6H2,1H3,(H,18,19,20). The van der Waals surface area contributed by atoms with E-state index in [0.29, 0.717) is 6.04 Å². The van der Waals surface area contributed by atoms with Crippen LogP contribution in [-0.2, 0) is 0 Å². The zero-order valence-corrected chi connectivity index (χ0v) is 11.8. The summed E-state index contributed by atoms with van der Waals surface area (Å²) in [5.41, 5.74) is 3.08. The first-order valence-electron chi connectivity index (χ1n) is 7.33. The number of nitrogens with zero attached hydrogens (tertiary/aromatic N) is 3. The lowest BCUT2D eigenvalue weighted by Crippen LogP contribution is -2.23. The largest absolute Gasteiger partial charge is 0.351 e. The first kappa shape index (κ1) is 13.0. The number of nitrogens with one attached hydrogen (secondary N) is 1. The van der Waals surface area contributed by atoms with Gasteiger partial charge in [0.15, 0.2) is 0 Å². The van der Waals surface area contributed by atoms with Gasteiger partial charge in [0.2, 0.25) is 5.95 Å². The van der Waals surface area contributed by atoms with Crippen molar-refractivity contribution in [2.75, 3.05) is 5.32 Å². The summed E-state index contributed by atoms with van der Waals surface area (Å²) in [5, 5.41) is 3.43. The van der Waals surface area contributed by atoms with Crippen LogP contribution in [0, 0.1) is 6.92 Å². The molecular formula is C16H20N4. The van der Waals surface area contributed by atoms with Crippen LogP contribution in [0.5, 0.6) is 0 Å². The topological polar surface area (TPSA) is 50.7 Å². The van der Waals surface area contributed by atoms with Crippen LogP contribution in [0.25, 0.3) is 11.1 Å². The maximum absolute atomic E-state index is 4.42. The molecule has 0 atom stereocenters. The van der Waals surface area contributed by atoms with E-state index in [0.717, 1.165) is 22.8 Å². The summed E-state index contributed by atoms with van der Waals surface area (Å²) in [5.74, 6) is 0.737. The van der Waals surface area contributed by atoms with Gasteiger partial charge in [-0.25, -0.2) is 9.97 Å². The SMILES string of the molecule is Cc1ccc(-c2cnc(NC3CCCCC3)nc2)cn1. The molecule has 0 bridgehead atoms. The van der Waals surface area contributed by atoms with Crippen molar-refractivity contribution in [2.45, 2.75) is 45.1 Å². The highest BCUT2D eigenvalue weighted by molar-refractivity contribution is 5.60. The van der Waals surface area contributed by atoms with Crippen molar-refractivity contribution in [1.82, 2.24) is 15.0 Å². The molecule has 1 fully saturated rings. The first-order valence-corrected chi connectivity index (χ1v) is 7.33. The van der Waals surface area contributed by atoms with E-state index in [4.69, 9.17) is 0 Å². The van der Waals surface area contributed by atoms with Crippen molar-refractivity contribution in [1.29, 1.82) is 0 Å². The smallest absolute Gasteiger partial charge is 0.222 e. The summed E-state index contributed by atoms with van der Waals surface area (Å²) in [7, 11) is 0. The molecule has 1 saturated carbocycles.